The van der Waals surface area contributed by atoms with Crippen LogP contribution in [0.25, 0.3) is 0 Å². The molecule has 10 aliphatic rings. The zero-order valence-electron chi connectivity index (χ0n) is 75.1. The molecule has 2 aromatic rings. The largest absolute Gasteiger partial charge is 0.456 e. The molecule has 8 fully saturated rings. The summed E-state index contributed by atoms with van der Waals surface area (Å²) >= 11 is 0. The summed E-state index contributed by atoms with van der Waals surface area (Å²) in [6.45, 7) is 43.9. The van der Waals surface area contributed by atoms with Crippen LogP contribution in [0, 0.1) is 45.3 Å². The van der Waals surface area contributed by atoms with Crippen LogP contribution in [-0.4, -0.2) is 237 Å². The number of rotatable bonds is 22. The lowest BCUT2D eigenvalue weighted by Crippen LogP contribution is -2.83. The second-order valence-electron chi connectivity index (χ2n) is 39.1. The van der Waals surface area contributed by atoms with Gasteiger partial charge < -0.3 is 107 Å². The molecule has 2 aromatic carbocycles. The van der Waals surface area contributed by atoms with Crippen molar-refractivity contribution in [2.45, 2.75) is 335 Å². The van der Waals surface area contributed by atoms with E-state index in [9.17, 15) is 68.4 Å². The van der Waals surface area contributed by atoms with Crippen molar-refractivity contribution in [1.29, 1.82) is 0 Å². The molecule has 4 saturated carbocycles. The topological polar surface area (TPSA) is 423 Å². The molecule has 2 unspecified atom stereocenters. The molecule has 4 bridgehead atoms. The van der Waals surface area contributed by atoms with Gasteiger partial charge in [0.2, 0.25) is 0 Å². The Balaban J connectivity index is 0.000000241. The second-order valence-corrected chi connectivity index (χ2v) is 39.1. The predicted molar refractivity (Wildman–Crippen MR) is 440 cm³/mol. The van der Waals surface area contributed by atoms with Crippen molar-refractivity contribution >= 4 is 59.9 Å². The zero-order valence-corrected chi connectivity index (χ0v) is 75.1. The molecule has 0 spiro atoms. The lowest BCUT2D eigenvalue weighted by molar-refractivity contribution is -0.405. The van der Waals surface area contributed by atoms with Gasteiger partial charge in [-0.2, -0.15) is 0 Å². The fourth-order valence-electron chi connectivity index (χ4n) is 21.4. The van der Waals surface area contributed by atoms with Crippen molar-refractivity contribution in [3.8, 4) is 0 Å². The third-order valence-electron chi connectivity index (χ3n) is 26.9. The highest BCUT2D eigenvalue weighted by atomic mass is 16.7. The summed E-state index contributed by atoms with van der Waals surface area (Å²) < 4.78 is 100. The first-order valence-electron chi connectivity index (χ1n) is 42.6. The van der Waals surface area contributed by atoms with Crippen LogP contribution in [0.4, 0.5) is 9.59 Å². The maximum atomic E-state index is 14.4. The van der Waals surface area contributed by atoms with E-state index in [4.69, 9.17) is 75.8 Å². The minimum absolute atomic E-state index is 0.0926. The van der Waals surface area contributed by atoms with E-state index in [2.05, 4.69) is 23.8 Å². The van der Waals surface area contributed by atoms with Crippen molar-refractivity contribution in [2.75, 3.05) is 13.2 Å². The van der Waals surface area contributed by atoms with Crippen LogP contribution >= 0.6 is 0 Å². The van der Waals surface area contributed by atoms with E-state index < -0.39 is 250 Å². The SMILES string of the molecule is C=C[C@@H]1O[C@H]2C[C@H]3OC[C@@]3(OC(C)=O)[C@H]3[C@H](OC(=O)c4ccccc4)[C@]4(O)C[C@H](OC(=O)[C@@H](O)C(CC(C)C)NC(=O)OC(C)(C)C)C(C)=C([C@H](OC(C)=O)[C@H](O1)[C@]23C)C4(C)C.C=C[C@H]1O[C@H]2C[C@H]3OC[C@@]3(OC(C)=O)[C@H]3[C@H](OC(=O)c4ccccc4)[C@]4(O)C[C@H](OC(=O)[C@@H](O)C(CC(C)C)NC(=O)OC(C)(C)C)C(C)=C([C@H](OC(C)=O)[C@H](O1)[C@]23C)C4(C)C. The summed E-state index contributed by atoms with van der Waals surface area (Å²) in [5.74, 6) is -9.13. The lowest BCUT2D eigenvalue weighted by Gasteiger charge is -2.71. The Morgan fingerprint density at radius 2 is 0.823 bits per heavy atom. The van der Waals surface area contributed by atoms with Gasteiger partial charge in [-0.15, -0.1) is 0 Å². The van der Waals surface area contributed by atoms with Crippen LogP contribution in [-0.2, 0) is 105 Å². The number of carbonyl (C=O) groups excluding carboxylic acids is 10. The molecule has 6 aliphatic carbocycles. The maximum Gasteiger partial charge on any atom is 0.407 e. The van der Waals surface area contributed by atoms with Crippen molar-refractivity contribution in [1.82, 2.24) is 10.6 Å². The van der Waals surface area contributed by atoms with Gasteiger partial charge in [-0.3, -0.25) is 19.2 Å². The summed E-state index contributed by atoms with van der Waals surface area (Å²) in [4.78, 5) is 136. The highest BCUT2D eigenvalue weighted by Crippen LogP contribution is 2.70. The number of aliphatic hydroxyl groups excluding tert-OH is 2. The van der Waals surface area contributed by atoms with E-state index in [1.54, 1.807) is 144 Å². The van der Waals surface area contributed by atoms with Gasteiger partial charge in [0.15, 0.2) is 48.2 Å². The van der Waals surface area contributed by atoms with E-state index in [1.807, 2.05) is 41.5 Å². The molecule has 0 radical (unpaired) electrons. The molecule has 2 amide bonds. The molecule has 0 aromatic heterocycles. The summed E-state index contributed by atoms with van der Waals surface area (Å²) in [7, 11) is 0. The monoisotopic (exact) mass is 1740 g/mol. The Hall–Kier alpha value is -8.70. The summed E-state index contributed by atoms with van der Waals surface area (Å²) in [5, 5.41) is 56.2. The number of nitrogens with one attached hydrogen (secondary N) is 2. The van der Waals surface area contributed by atoms with Gasteiger partial charge in [0.1, 0.15) is 71.2 Å². The van der Waals surface area contributed by atoms with E-state index in [0.717, 1.165) is 0 Å². The van der Waals surface area contributed by atoms with Gasteiger partial charge in [0, 0.05) is 75.0 Å². The molecule has 4 aliphatic heterocycles. The van der Waals surface area contributed by atoms with Crippen molar-refractivity contribution < 1.29 is 144 Å². The lowest BCUT2D eigenvalue weighted by atomic mass is 9.44. The van der Waals surface area contributed by atoms with Crippen LogP contribution in [0.3, 0.4) is 0 Å². The molecular formula is C92H126N2O30. The standard InChI is InChI=1S/2C46H63NO15/c2*1-13-32-58-30-20-31-45(22-55-31,61-26(6)49)36-38(60-39(51)27-17-15-14-16-18-27)46(54)21-29(57-40(52)34(50)28(19-23(2)3)47-41(53)62-42(7,8)9)24(4)33(43(46,10)11)35(56-25(5)48)37(59-32)44(30,36)12/h2*13-18,23,28-32,34-38,50,54H,1,19-22H2,2-12H3,(H,47,53)/t28?,29-,30-,31+,32+,34-,35-,36-,37-,38-,44+,45-,46+;28?,29-,30-,31+,32-,34-,35-,36-,37-,38-,44+,45-,46+/m00/s1. The molecule has 4 heterocycles. The minimum atomic E-state index is -2.23. The molecule has 4 saturated heterocycles. The number of amides is 2. The Morgan fingerprint density at radius 3 is 1.10 bits per heavy atom. The Morgan fingerprint density at radius 1 is 0.492 bits per heavy atom. The number of fused-ring (bicyclic) bond motifs is 8. The van der Waals surface area contributed by atoms with Crippen molar-refractivity contribution in [3.63, 3.8) is 0 Å². The van der Waals surface area contributed by atoms with Crippen LogP contribution in [0.5, 0.6) is 0 Å². The van der Waals surface area contributed by atoms with E-state index in [1.165, 1.54) is 39.8 Å². The Labute approximate surface area is 724 Å². The third-order valence-corrected chi connectivity index (χ3v) is 26.9. The first-order chi connectivity index (χ1) is 57.6. The van der Waals surface area contributed by atoms with Gasteiger partial charge in [0.25, 0.3) is 0 Å². The van der Waals surface area contributed by atoms with Gasteiger partial charge in [-0.25, -0.2) is 28.8 Å². The van der Waals surface area contributed by atoms with Gasteiger partial charge in [-0.1, -0.05) is 119 Å². The number of alkyl carbamates (subject to hydrolysis) is 2. The highest BCUT2D eigenvalue weighted by molar-refractivity contribution is 5.90. The van der Waals surface area contributed by atoms with Crippen molar-refractivity contribution in [2.24, 2.45) is 45.3 Å². The number of carbonyl (C=O) groups is 10. The third kappa shape index (κ3) is 17.8. The average Bonchev–Trinajstić information content (AvgIpc) is 0.666. The summed E-state index contributed by atoms with van der Waals surface area (Å²) in [6, 6.07) is 14.1. The average molecular weight is 1740 g/mol. The van der Waals surface area contributed by atoms with Crippen LogP contribution < -0.4 is 10.6 Å². The Bertz CT molecular complexity index is 4190. The number of aliphatic hydroxyl groups is 4. The molecular weight excluding hydrogens is 1610 g/mol. The maximum absolute atomic E-state index is 14.4. The molecule has 32 heteroatoms. The number of ether oxygens (including phenoxy) is 16. The smallest absolute Gasteiger partial charge is 0.407 e. The van der Waals surface area contributed by atoms with Gasteiger partial charge >= 0.3 is 59.9 Å². The van der Waals surface area contributed by atoms with E-state index in [-0.39, 0.29) is 61.9 Å². The van der Waals surface area contributed by atoms with Crippen LogP contribution in [0.15, 0.2) is 108 Å². The quantitative estimate of drug-likeness (QED) is 0.0362. The molecule has 124 heavy (non-hydrogen) atoms. The predicted octanol–water partition coefficient (Wildman–Crippen LogP) is 9.74. The fourth-order valence-corrected chi connectivity index (χ4v) is 21.4. The first kappa shape index (κ1) is 95.9. The number of hydrogen-bond acceptors (Lipinski definition) is 30. The molecule has 12 rings (SSSR count). The van der Waals surface area contributed by atoms with Crippen LogP contribution in [0.2, 0.25) is 0 Å². The molecule has 32 nitrogen and oxygen atoms in total. The van der Waals surface area contributed by atoms with Crippen LogP contribution in [0.1, 0.15) is 212 Å². The minimum Gasteiger partial charge on any atom is -0.456 e. The number of benzene rings is 2. The van der Waals surface area contributed by atoms with Gasteiger partial charge in [0.05, 0.1) is 60.5 Å². The normalized spacial score (nSPS) is 35.5. The molecule has 6 N–H and O–H groups in total. The fraction of sp³-hybridized carbons (Fsp3) is 0.674. The summed E-state index contributed by atoms with van der Waals surface area (Å²) in [6.07, 6.45) is -18.7. The Kier molecular flexibility index (Phi) is 27.5. The van der Waals surface area contributed by atoms with E-state index in [0.29, 0.717) is 22.3 Å². The number of esters is 8. The van der Waals surface area contributed by atoms with Gasteiger partial charge in [-0.05, 0) is 139 Å². The highest BCUT2D eigenvalue weighted by Gasteiger charge is 2.82. The zero-order chi connectivity index (χ0) is 91.8. The summed E-state index contributed by atoms with van der Waals surface area (Å²) in [5.41, 5.74) is -13.3. The molecule has 684 valence electrons. The second kappa shape index (κ2) is 35.5. The molecule has 26 atom stereocenters. The first-order valence-corrected chi connectivity index (χ1v) is 42.6. The van der Waals surface area contributed by atoms with E-state index >= 15 is 0 Å². The van der Waals surface area contributed by atoms with Crippen molar-refractivity contribution in [3.05, 3.63) is 119 Å². The number of hydrogen-bond donors (Lipinski definition) is 6.